The van der Waals surface area contributed by atoms with Crippen molar-refractivity contribution in [1.82, 2.24) is 0 Å². The van der Waals surface area contributed by atoms with E-state index in [0.717, 1.165) is 43.4 Å². The van der Waals surface area contributed by atoms with Crippen molar-refractivity contribution in [2.24, 2.45) is 5.41 Å². The number of hydrogen-bond donors (Lipinski definition) is 1. The van der Waals surface area contributed by atoms with Crippen LogP contribution in [-0.2, 0) is 12.0 Å². The average molecular weight is 222 g/mol. The predicted molar refractivity (Wildman–Crippen MR) is 64.2 cm³/mol. The van der Waals surface area contributed by atoms with Gasteiger partial charge in [-0.2, -0.15) is 0 Å². The van der Waals surface area contributed by atoms with Gasteiger partial charge in [0, 0.05) is 12.0 Å². The lowest BCUT2D eigenvalue weighted by Crippen LogP contribution is -2.31. The van der Waals surface area contributed by atoms with E-state index in [1.54, 1.807) is 6.26 Å². The number of aryl methyl sites for hydroxylation is 1. The first-order chi connectivity index (χ1) is 7.41. The molecule has 1 aromatic heterocycles. The van der Waals surface area contributed by atoms with E-state index >= 15 is 0 Å². The van der Waals surface area contributed by atoms with Crippen LogP contribution >= 0.6 is 0 Å². The van der Waals surface area contributed by atoms with Gasteiger partial charge in [-0.15, -0.1) is 0 Å². The van der Waals surface area contributed by atoms with E-state index in [-0.39, 0.29) is 5.41 Å². The Morgan fingerprint density at radius 1 is 1.44 bits per heavy atom. The summed E-state index contributed by atoms with van der Waals surface area (Å²) < 4.78 is 5.42. The third kappa shape index (κ3) is 2.32. The lowest BCUT2D eigenvalue weighted by Gasteiger charge is -2.34. The van der Waals surface area contributed by atoms with Crippen molar-refractivity contribution in [3.63, 3.8) is 0 Å². The van der Waals surface area contributed by atoms with Gasteiger partial charge in [-0.25, -0.2) is 0 Å². The number of hydrogen-bond acceptors (Lipinski definition) is 2. The third-order valence-corrected chi connectivity index (χ3v) is 3.53. The molecule has 1 aliphatic carbocycles. The van der Waals surface area contributed by atoms with Gasteiger partial charge in [-0.3, -0.25) is 0 Å². The molecule has 1 unspecified atom stereocenters. The topological polar surface area (TPSA) is 33.4 Å². The Bertz CT molecular complexity index is 359. The highest BCUT2D eigenvalue weighted by molar-refractivity contribution is 5.27. The fourth-order valence-corrected chi connectivity index (χ4v) is 2.47. The highest BCUT2D eigenvalue weighted by Crippen LogP contribution is 2.41. The minimum atomic E-state index is -0.645. The fourth-order valence-electron chi connectivity index (χ4n) is 2.47. The predicted octanol–water partition coefficient (Wildman–Crippen LogP) is 3.63. The van der Waals surface area contributed by atoms with Crippen LogP contribution in [0.25, 0.3) is 0 Å². The molecular weight excluding hydrogens is 200 g/mol. The van der Waals surface area contributed by atoms with Crippen LogP contribution in [0, 0.1) is 5.41 Å². The molecule has 0 saturated carbocycles. The Hall–Kier alpha value is -0.760. The second kappa shape index (κ2) is 3.92. The molecule has 2 heteroatoms. The minimum Gasteiger partial charge on any atom is -0.469 e. The normalized spacial score (nSPS) is 25.5. The van der Waals surface area contributed by atoms with Crippen LogP contribution in [0.2, 0.25) is 0 Å². The van der Waals surface area contributed by atoms with E-state index in [2.05, 4.69) is 20.8 Å². The summed E-state index contributed by atoms with van der Waals surface area (Å²) in [5, 5.41) is 10.7. The second-order valence-corrected chi connectivity index (χ2v) is 6.20. The van der Waals surface area contributed by atoms with Gasteiger partial charge in [-0.05, 0) is 37.2 Å². The van der Waals surface area contributed by atoms with Crippen LogP contribution in [0.3, 0.4) is 0 Å². The van der Waals surface area contributed by atoms with Crippen molar-refractivity contribution in [2.45, 2.75) is 58.5 Å². The van der Waals surface area contributed by atoms with Crippen LogP contribution in [-0.4, -0.2) is 5.11 Å². The molecule has 0 aliphatic heterocycles. The van der Waals surface area contributed by atoms with Crippen molar-refractivity contribution in [2.75, 3.05) is 0 Å². The van der Waals surface area contributed by atoms with E-state index in [1.807, 2.05) is 6.07 Å². The summed E-state index contributed by atoms with van der Waals surface area (Å²) in [6, 6.07) is 1.94. The highest BCUT2D eigenvalue weighted by Gasteiger charge is 2.36. The summed E-state index contributed by atoms with van der Waals surface area (Å²) in [6.07, 6.45) is 6.45. The summed E-state index contributed by atoms with van der Waals surface area (Å²) >= 11 is 0. The summed E-state index contributed by atoms with van der Waals surface area (Å²) in [7, 11) is 0. The van der Waals surface area contributed by atoms with Gasteiger partial charge >= 0.3 is 0 Å². The quantitative estimate of drug-likeness (QED) is 0.829. The van der Waals surface area contributed by atoms with Crippen LogP contribution in [0.4, 0.5) is 0 Å². The number of fused-ring (bicyclic) bond motifs is 1. The highest BCUT2D eigenvalue weighted by atomic mass is 16.3. The molecule has 0 fully saturated rings. The van der Waals surface area contributed by atoms with Crippen molar-refractivity contribution >= 4 is 0 Å². The minimum absolute atomic E-state index is 0.275. The molecule has 0 saturated heterocycles. The molecule has 1 N–H and O–H groups in total. The zero-order valence-corrected chi connectivity index (χ0v) is 10.5. The van der Waals surface area contributed by atoms with Gasteiger partial charge in [0.2, 0.25) is 0 Å². The van der Waals surface area contributed by atoms with Crippen molar-refractivity contribution in [1.29, 1.82) is 0 Å². The van der Waals surface area contributed by atoms with Gasteiger partial charge in [0.05, 0.1) is 11.9 Å². The van der Waals surface area contributed by atoms with Crippen LogP contribution in [0.1, 0.15) is 57.8 Å². The maximum absolute atomic E-state index is 10.7. The zero-order valence-electron chi connectivity index (χ0n) is 10.5. The molecule has 0 aromatic carbocycles. The number of aliphatic hydroxyl groups is 1. The van der Waals surface area contributed by atoms with Crippen molar-refractivity contribution < 1.29 is 9.52 Å². The van der Waals surface area contributed by atoms with E-state index in [1.165, 1.54) is 0 Å². The molecule has 1 heterocycles. The summed E-state index contributed by atoms with van der Waals surface area (Å²) in [5.41, 5.74) is 0.660. The number of furan rings is 1. The lowest BCUT2D eigenvalue weighted by molar-refractivity contribution is -0.00164. The van der Waals surface area contributed by atoms with Gasteiger partial charge < -0.3 is 9.52 Å². The van der Waals surface area contributed by atoms with E-state index in [9.17, 15) is 5.11 Å². The molecule has 0 radical (unpaired) electrons. The molecule has 1 aromatic rings. The molecule has 0 amide bonds. The van der Waals surface area contributed by atoms with Crippen molar-refractivity contribution in [3.05, 3.63) is 23.7 Å². The first kappa shape index (κ1) is 11.7. The summed E-state index contributed by atoms with van der Waals surface area (Å²) in [6.45, 7) is 6.65. The summed E-state index contributed by atoms with van der Waals surface area (Å²) in [4.78, 5) is 0. The molecule has 0 bridgehead atoms. The average Bonchev–Trinajstić information content (AvgIpc) is 2.64. The number of rotatable bonds is 2. The molecular formula is C14H22O2. The standard InChI is InChI=1S/C14H22O2/c1-13(2,3)8-9-14(15)7-4-5-12-11(14)6-10-16-12/h6,10,15H,4-5,7-9H2,1-3H3. The lowest BCUT2D eigenvalue weighted by atomic mass is 9.76. The SMILES string of the molecule is CC(C)(C)CCC1(O)CCCc2occc21. The Morgan fingerprint density at radius 2 is 2.19 bits per heavy atom. The maximum Gasteiger partial charge on any atom is 0.109 e. The molecule has 2 rings (SSSR count). The van der Waals surface area contributed by atoms with Gasteiger partial charge in [0.1, 0.15) is 5.76 Å². The van der Waals surface area contributed by atoms with Crippen LogP contribution in [0.5, 0.6) is 0 Å². The van der Waals surface area contributed by atoms with E-state index < -0.39 is 5.60 Å². The first-order valence-corrected chi connectivity index (χ1v) is 6.20. The first-order valence-electron chi connectivity index (χ1n) is 6.20. The third-order valence-electron chi connectivity index (χ3n) is 3.53. The molecule has 0 spiro atoms. The van der Waals surface area contributed by atoms with E-state index in [4.69, 9.17) is 4.42 Å². The van der Waals surface area contributed by atoms with Gasteiger partial charge in [0.15, 0.2) is 0 Å². The molecule has 1 atom stereocenters. The Kier molecular flexibility index (Phi) is 2.87. The van der Waals surface area contributed by atoms with Crippen LogP contribution < -0.4 is 0 Å². The molecule has 90 valence electrons. The monoisotopic (exact) mass is 222 g/mol. The Morgan fingerprint density at radius 3 is 2.88 bits per heavy atom. The van der Waals surface area contributed by atoms with E-state index in [0.29, 0.717) is 0 Å². The summed E-state index contributed by atoms with van der Waals surface area (Å²) in [5.74, 6) is 0.989. The smallest absolute Gasteiger partial charge is 0.109 e. The van der Waals surface area contributed by atoms with Crippen LogP contribution in [0.15, 0.2) is 16.7 Å². The Balaban J connectivity index is 2.15. The van der Waals surface area contributed by atoms with Gasteiger partial charge in [0.25, 0.3) is 0 Å². The molecule has 2 nitrogen and oxygen atoms in total. The van der Waals surface area contributed by atoms with Gasteiger partial charge in [-0.1, -0.05) is 20.8 Å². The molecule has 1 aliphatic rings. The second-order valence-electron chi connectivity index (χ2n) is 6.20. The van der Waals surface area contributed by atoms with Crippen molar-refractivity contribution in [3.8, 4) is 0 Å². The maximum atomic E-state index is 10.7. The Labute approximate surface area is 97.7 Å². The largest absolute Gasteiger partial charge is 0.469 e. The molecule has 16 heavy (non-hydrogen) atoms. The fraction of sp³-hybridized carbons (Fsp3) is 0.714. The zero-order chi connectivity index (χ0) is 11.8.